The number of benzene rings is 3. The van der Waals surface area contributed by atoms with Crippen molar-refractivity contribution in [2.24, 2.45) is 0 Å². The van der Waals surface area contributed by atoms with Crippen LogP contribution < -0.4 is 0 Å². The summed E-state index contributed by atoms with van der Waals surface area (Å²) in [5.41, 5.74) is 5.11. The lowest BCUT2D eigenvalue weighted by molar-refractivity contribution is -0.120. The highest BCUT2D eigenvalue weighted by molar-refractivity contribution is 6.30. The van der Waals surface area contributed by atoms with Crippen molar-refractivity contribution in [3.05, 3.63) is 106 Å². The molecule has 0 spiro atoms. The van der Waals surface area contributed by atoms with E-state index in [-0.39, 0.29) is 25.2 Å². The van der Waals surface area contributed by atoms with Crippen LogP contribution >= 0.6 is 11.6 Å². The molecule has 1 atom stereocenters. The molecule has 1 unspecified atom stereocenters. The normalized spacial score (nSPS) is 12.2. The summed E-state index contributed by atoms with van der Waals surface area (Å²) in [6.07, 6.45) is 3.53. The molecule has 0 bridgehead atoms. The predicted molar refractivity (Wildman–Crippen MR) is 139 cm³/mol. The zero-order valence-corrected chi connectivity index (χ0v) is 21.1. The second-order valence-corrected chi connectivity index (χ2v) is 9.73. The van der Waals surface area contributed by atoms with Crippen LogP contribution in [0.4, 0.5) is 8.78 Å². The molecule has 0 saturated heterocycles. The minimum atomic E-state index is -0.671. The molecule has 0 N–H and O–H groups in total. The average Bonchev–Trinajstić information content (AvgIpc) is 3.47. The molecule has 0 radical (unpaired) electrons. The smallest absolute Gasteiger partial charge is 0.226 e. The van der Waals surface area contributed by atoms with Crippen LogP contribution in [0.3, 0.4) is 0 Å². The quantitative estimate of drug-likeness (QED) is 0.217. The van der Waals surface area contributed by atoms with Crippen LogP contribution in [0.2, 0.25) is 5.02 Å². The lowest BCUT2D eigenvalue weighted by Crippen LogP contribution is -2.15. The van der Waals surface area contributed by atoms with E-state index in [2.05, 4.69) is 9.97 Å². The zero-order chi connectivity index (χ0) is 26.1. The molecule has 0 aliphatic heterocycles. The van der Waals surface area contributed by atoms with E-state index in [0.717, 1.165) is 33.8 Å². The van der Waals surface area contributed by atoms with Gasteiger partial charge in [0.15, 0.2) is 5.78 Å². The first-order valence-corrected chi connectivity index (χ1v) is 12.2. The number of carbonyl (C=O) groups excluding carboxylic acids is 1. The van der Waals surface area contributed by atoms with Crippen molar-refractivity contribution in [2.75, 3.05) is 0 Å². The molecule has 5 aromatic rings. The summed E-state index contributed by atoms with van der Waals surface area (Å²) >= 11 is 5.98. The van der Waals surface area contributed by atoms with Gasteiger partial charge in [0.1, 0.15) is 17.4 Å². The molecule has 3 aromatic carbocycles. The maximum absolute atomic E-state index is 13.9. The highest BCUT2D eigenvalue weighted by atomic mass is 35.5. The van der Waals surface area contributed by atoms with Crippen LogP contribution in [0.1, 0.15) is 34.8 Å². The second kappa shape index (κ2) is 10.3. The first kappa shape index (κ1) is 24.8. The van der Waals surface area contributed by atoms with Crippen LogP contribution in [-0.4, -0.2) is 20.3 Å². The Bertz CT molecular complexity index is 1570. The van der Waals surface area contributed by atoms with Crippen molar-refractivity contribution in [2.45, 2.75) is 39.2 Å². The standard InChI is InChI=1S/C29H24ClF2N3O2/c1-17-7-26-27(8-18(17)2)35(16-34-26)15-25(36)12-21(9-19-10-23(31)13-24(32)11-19)28-14-33-29(37-28)20-3-5-22(30)6-4-20/h3-8,10-11,13-14,16,21H,9,12,15H2,1-2H3. The lowest BCUT2D eigenvalue weighted by atomic mass is 9.92. The Morgan fingerprint density at radius 3 is 2.43 bits per heavy atom. The minimum Gasteiger partial charge on any atom is -0.441 e. The van der Waals surface area contributed by atoms with Crippen LogP contribution in [0, 0.1) is 25.5 Å². The van der Waals surface area contributed by atoms with Crippen LogP contribution in [0.15, 0.2) is 71.5 Å². The summed E-state index contributed by atoms with van der Waals surface area (Å²) in [5, 5.41) is 0.588. The topological polar surface area (TPSA) is 60.9 Å². The number of aromatic nitrogens is 3. The van der Waals surface area contributed by atoms with Crippen molar-refractivity contribution in [1.29, 1.82) is 0 Å². The molecule has 0 aliphatic rings. The maximum atomic E-state index is 13.9. The Hall–Kier alpha value is -3.84. The molecular weight excluding hydrogens is 496 g/mol. The number of aryl methyl sites for hydroxylation is 2. The molecule has 188 valence electrons. The molecule has 5 rings (SSSR count). The fourth-order valence-electron chi connectivity index (χ4n) is 4.46. The van der Waals surface area contributed by atoms with Gasteiger partial charge in [-0.15, -0.1) is 0 Å². The Balaban J connectivity index is 1.42. The monoisotopic (exact) mass is 519 g/mol. The molecule has 0 saturated carbocycles. The first-order chi connectivity index (χ1) is 17.7. The fourth-order valence-corrected chi connectivity index (χ4v) is 4.58. The number of halogens is 3. The van der Waals surface area contributed by atoms with Gasteiger partial charge in [0.2, 0.25) is 5.89 Å². The van der Waals surface area contributed by atoms with Gasteiger partial charge < -0.3 is 8.98 Å². The molecule has 2 heterocycles. The maximum Gasteiger partial charge on any atom is 0.226 e. The third kappa shape index (κ3) is 5.62. The third-order valence-electron chi connectivity index (χ3n) is 6.48. The molecule has 5 nitrogen and oxygen atoms in total. The molecule has 37 heavy (non-hydrogen) atoms. The lowest BCUT2D eigenvalue weighted by Gasteiger charge is -2.15. The van der Waals surface area contributed by atoms with Gasteiger partial charge >= 0.3 is 0 Å². The number of imidazole rings is 1. The second-order valence-electron chi connectivity index (χ2n) is 9.29. The Morgan fingerprint density at radius 1 is 1.00 bits per heavy atom. The van der Waals surface area contributed by atoms with E-state index in [1.165, 1.54) is 12.1 Å². The number of nitrogens with zero attached hydrogens (tertiary/aromatic N) is 3. The first-order valence-electron chi connectivity index (χ1n) is 11.9. The summed E-state index contributed by atoms with van der Waals surface area (Å²) in [6.45, 7) is 4.16. The van der Waals surface area contributed by atoms with Crippen LogP contribution in [0.5, 0.6) is 0 Å². The van der Waals surface area contributed by atoms with E-state index in [1.807, 2.05) is 30.5 Å². The van der Waals surface area contributed by atoms with E-state index in [9.17, 15) is 13.6 Å². The molecule has 0 amide bonds. The van der Waals surface area contributed by atoms with E-state index in [0.29, 0.717) is 22.2 Å². The highest BCUT2D eigenvalue weighted by Crippen LogP contribution is 2.30. The number of carbonyl (C=O) groups is 1. The number of hydrogen-bond donors (Lipinski definition) is 0. The van der Waals surface area contributed by atoms with Gasteiger partial charge in [0.05, 0.1) is 30.1 Å². The third-order valence-corrected chi connectivity index (χ3v) is 6.73. The Morgan fingerprint density at radius 2 is 1.70 bits per heavy atom. The van der Waals surface area contributed by atoms with Crippen molar-refractivity contribution >= 4 is 28.4 Å². The number of Topliss-reactive ketones (excluding diaryl/α,β-unsaturated/α-hetero) is 1. The average molecular weight is 520 g/mol. The molecule has 0 aliphatic carbocycles. The van der Waals surface area contributed by atoms with Gasteiger partial charge in [-0.1, -0.05) is 11.6 Å². The zero-order valence-electron chi connectivity index (χ0n) is 20.3. The number of ketones is 1. The Labute approximate surface area is 217 Å². The largest absolute Gasteiger partial charge is 0.441 e. The van der Waals surface area contributed by atoms with Gasteiger partial charge in [-0.05, 0) is 85.5 Å². The highest BCUT2D eigenvalue weighted by Gasteiger charge is 2.23. The van der Waals surface area contributed by atoms with Gasteiger partial charge in [0, 0.05) is 29.0 Å². The van der Waals surface area contributed by atoms with Gasteiger partial charge in [-0.3, -0.25) is 4.79 Å². The number of fused-ring (bicyclic) bond motifs is 1. The van der Waals surface area contributed by atoms with Crippen molar-refractivity contribution < 1.29 is 18.0 Å². The van der Waals surface area contributed by atoms with Crippen LogP contribution in [0.25, 0.3) is 22.5 Å². The predicted octanol–water partition coefficient (Wildman–Crippen LogP) is 7.23. The Kier molecular flexibility index (Phi) is 6.89. The summed E-state index contributed by atoms with van der Waals surface area (Å²) in [4.78, 5) is 22.1. The van der Waals surface area contributed by atoms with E-state index in [4.69, 9.17) is 16.0 Å². The minimum absolute atomic E-state index is 0.0659. The van der Waals surface area contributed by atoms with Gasteiger partial charge in [-0.2, -0.15) is 0 Å². The van der Waals surface area contributed by atoms with Gasteiger partial charge in [-0.25, -0.2) is 18.7 Å². The molecule has 0 fully saturated rings. The van der Waals surface area contributed by atoms with E-state index >= 15 is 0 Å². The van der Waals surface area contributed by atoms with E-state index in [1.54, 1.807) is 36.8 Å². The van der Waals surface area contributed by atoms with Crippen molar-refractivity contribution in [3.8, 4) is 11.5 Å². The molecule has 2 aromatic heterocycles. The fraction of sp³-hybridized carbons (Fsp3) is 0.207. The summed E-state index contributed by atoms with van der Waals surface area (Å²) < 4.78 is 35.6. The number of oxazole rings is 1. The van der Waals surface area contributed by atoms with Gasteiger partial charge in [0.25, 0.3) is 0 Å². The van der Waals surface area contributed by atoms with Crippen LogP contribution in [-0.2, 0) is 17.8 Å². The number of rotatable bonds is 8. The van der Waals surface area contributed by atoms with Crippen molar-refractivity contribution in [3.63, 3.8) is 0 Å². The summed E-state index contributed by atoms with van der Waals surface area (Å²) in [6, 6.07) is 14.4. The number of hydrogen-bond acceptors (Lipinski definition) is 4. The molecular formula is C29H24ClF2N3O2. The van der Waals surface area contributed by atoms with E-state index < -0.39 is 17.6 Å². The SMILES string of the molecule is Cc1cc2ncn(CC(=O)CC(Cc3cc(F)cc(F)c3)c3cnc(-c4ccc(Cl)cc4)o3)c2cc1C. The van der Waals surface area contributed by atoms with Crippen molar-refractivity contribution in [1.82, 2.24) is 14.5 Å². The summed E-state index contributed by atoms with van der Waals surface area (Å²) in [7, 11) is 0. The summed E-state index contributed by atoms with van der Waals surface area (Å²) in [5.74, 6) is -1.04. The molecule has 8 heteroatoms.